The lowest BCUT2D eigenvalue weighted by atomic mass is 10.1. The molecular formula is C12H18FNO. The van der Waals surface area contributed by atoms with E-state index in [2.05, 4.69) is 5.32 Å². The van der Waals surface area contributed by atoms with E-state index in [1.165, 1.54) is 12.1 Å². The molecular weight excluding hydrogens is 193 g/mol. The van der Waals surface area contributed by atoms with Crippen molar-refractivity contribution in [3.63, 3.8) is 0 Å². The maximum absolute atomic E-state index is 12.7. The van der Waals surface area contributed by atoms with Crippen LogP contribution in [-0.4, -0.2) is 18.3 Å². The topological polar surface area (TPSA) is 32.3 Å². The Hall–Kier alpha value is -0.930. The van der Waals surface area contributed by atoms with Gasteiger partial charge < -0.3 is 10.4 Å². The third kappa shape index (κ3) is 3.98. The van der Waals surface area contributed by atoms with Crippen molar-refractivity contribution in [1.29, 1.82) is 0 Å². The third-order valence-corrected chi connectivity index (χ3v) is 2.45. The molecule has 0 saturated carbocycles. The molecule has 2 unspecified atom stereocenters. The summed E-state index contributed by atoms with van der Waals surface area (Å²) in [6.07, 6.45) is 0. The zero-order valence-corrected chi connectivity index (χ0v) is 9.20. The summed E-state index contributed by atoms with van der Waals surface area (Å²) in [4.78, 5) is 0. The molecule has 1 aromatic carbocycles. The van der Waals surface area contributed by atoms with E-state index in [4.69, 9.17) is 5.11 Å². The van der Waals surface area contributed by atoms with E-state index in [0.717, 1.165) is 12.1 Å². The third-order valence-electron chi connectivity index (χ3n) is 2.45. The van der Waals surface area contributed by atoms with E-state index in [1.807, 2.05) is 13.8 Å². The highest BCUT2D eigenvalue weighted by atomic mass is 19.1. The molecule has 15 heavy (non-hydrogen) atoms. The van der Waals surface area contributed by atoms with E-state index in [9.17, 15) is 4.39 Å². The fourth-order valence-electron chi connectivity index (χ4n) is 1.31. The first-order valence-electron chi connectivity index (χ1n) is 5.23. The van der Waals surface area contributed by atoms with Crippen LogP contribution in [0.15, 0.2) is 24.3 Å². The van der Waals surface area contributed by atoms with Crippen molar-refractivity contribution >= 4 is 0 Å². The molecule has 2 N–H and O–H groups in total. The van der Waals surface area contributed by atoms with Gasteiger partial charge in [0.15, 0.2) is 0 Å². The van der Waals surface area contributed by atoms with E-state index in [-0.39, 0.29) is 24.4 Å². The predicted molar refractivity (Wildman–Crippen MR) is 59.1 cm³/mol. The summed E-state index contributed by atoms with van der Waals surface area (Å²) in [6, 6.07) is 6.65. The molecule has 0 saturated heterocycles. The minimum atomic E-state index is -0.213. The van der Waals surface area contributed by atoms with Gasteiger partial charge in [-0.25, -0.2) is 4.39 Å². The van der Waals surface area contributed by atoms with Gasteiger partial charge >= 0.3 is 0 Å². The van der Waals surface area contributed by atoms with Crippen LogP contribution in [-0.2, 0) is 0 Å². The molecule has 0 radical (unpaired) electrons. The monoisotopic (exact) mass is 211 g/mol. The normalized spacial score (nSPS) is 14.9. The van der Waals surface area contributed by atoms with E-state index in [0.29, 0.717) is 0 Å². The molecule has 0 spiro atoms. The van der Waals surface area contributed by atoms with Gasteiger partial charge in [-0.05, 0) is 30.5 Å². The van der Waals surface area contributed by atoms with Crippen LogP contribution in [0.4, 0.5) is 4.39 Å². The molecule has 0 aliphatic heterocycles. The Morgan fingerprint density at radius 2 is 1.87 bits per heavy atom. The summed E-state index contributed by atoms with van der Waals surface area (Å²) in [5.74, 6) is 0.0302. The van der Waals surface area contributed by atoms with Crippen LogP contribution in [0.2, 0.25) is 0 Å². The molecule has 2 nitrogen and oxygen atoms in total. The second kappa shape index (κ2) is 5.83. The number of aliphatic hydroxyl groups excluding tert-OH is 1. The number of benzene rings is 1. The van der Waals surface area contributed by atoms with Gasteiger partial charge in [-0.1, -0.05) is 19.1 Å². The lowest BCUT2D eigenvalue weighted by Gasteiger charge is -2.16. The Morgan fingerprint density at radius 1 is 1.27 bits per heavy atom. The Kier molecular flexibility index (Phi) is 4.72. The summed E-state index contributed by atoms with van der Waals surface area (Å²) >= 11 is 0. The molecule has 0 bridgehead atoms. The van der Waals surface area contributed by atoms with Crippen LogP contribution in [0.25, 0.3) is 0 Å². The van der Waals surface area contributed by atoms with Crippen molar-refractivity contribution in [2.75, 3.05) is 13.2 Å². The molecule has 0 aliphatic carbocycles. The molecule has 0 heterocycles. The fraction of sp³-hybridized carbons (Fsp3) is 0.500. The first-order chi connectivity index (χ1) is 7.13. The molecule has 84 valence electrons. The lowest BCUT2D eigenvalue weighted by Crippen LogP contribution is -2.26. The van der Waals surface area contributed by atoms with Crippen molar-refractivity contribution in [1.82, 2.24) is 5.32 Å². The summed E-state index contributed by atoms with van der Waals surface area (Å²) in [6.45, 7) is 4.94. The zero-order chi connectivity index (χ0) is 11.3. The SMILES string of the molecule is CC(CO)CNC(C)c1ccc(F)cc1. The van der Waals surface area contributed by atoms with E-state index in [1.54, 1.807) is 12.1 Å². The van der Waals surface area contributed by atoms with Gasteiger partial charge in [-0.15, -0.1) is 0 Å². The van der Waals surface area contributed by atoms with Crippen LogP contribution in [0, 0.1) is 11.7 Å². The molecule has 0 aliphatic rings. The van der Waals surface area contributed by atoms with Crippen molar-refractivity contribution in [3.05, 3.63) is 35.6 Å². The standard InChI is InChI=1S/C12H18FNO/c1-9(8-15)7-14-10(2)11-3-5-12(13)6-4-11/h3-6,9-10,14-15H,7-8H2,1-2H3. The highest BCUT2D eigenvalue weighted by molar-refractivity contribution is 5.19. The van der Waals surface area contributed by atoms with Crippen molar-refractivity contribution in [2.24, 2.45) is 5.92 Å². The van der Waals surface area contributed by atoms with Gasteiger partial charge in [0.25, 0.3) is 0 Å². The number of hydrogen-bond acceptors (Lipinski definition) is 2. The summed E-state index contributed by atoms with van der Waals surface area (Å²) in [7, 11) is 0. The summed E-state index contributed by atoms with van der Waals surface area (Å²) in [5.41, 5.74) is 1.06. The highest BCUT2D eigenvalue weighted by Crippen LogP contribution is 2.12. The maximum atomic E-state index is 12.7. The first kappa shape index (κ1) is 12.1. The number of aliphatic hydroxyl groups is 1. The largest absolute Gasteiger partial charge is 0.396 e. The van der Waals surface area contributed by atoms with Crippen LogP contribution < -0.4 is 5.32 Å². The van der Waals surface area contributed by atoms with Crippen LogP contribution in [0.5, 0.6) is 0 Å². The molecule has 1 rings (SSSR count). The Morgan fingerprint density at radius 3 is 2.40 bits per heavy atom. The Labute approximate surface area is 90.1 Å². The van der Waals surface area contributed by atoms with E-state index >= 15 is 0 Å². The highest BCUT2D eigenvalue weighted by Gasteiger charge is 2.06. The van der Waals surface area contributed by atoms with Crippen LogP contribution >= 0.6 is 0 Å². The van der Waals surface area contributed by atoms with Crippen molar-refractivity contribution < 1.29 is 9.50 Å². The quantitative estimate of drug-likeness (QED) is 0.781. The summed E-state index contributed by atoms with van der Waals surface area (Å²) < 4.78 is 12.7. The predicted octanol–water partition coefficient (Wildman–Crippen LogP) is 2.10. The van der Waals surface area contributed by atoms with Gasteiger partial charge in [0.1, 0.15) is 5.82 Å². The number of rotatable bonds is 5. The Bertz CT molecular complexity index is 286. The second-order valence-electron chi connectivity index (χ2n) is 3.97. The van der Waals surface area contributed by atoms with Gasteiger partial charge in [-0.3, -0.25) is 0 Å². The molecule has 0 amide bonds. The fourth-order valence-corrected chi connectivity index (χ4v) is 1.31. The molecule has 1 aromatic rings. The van der Waals surface area contributed by atoms with Gasteiger partial charge in [0.05, 0.1) is 0 Å². The smallest absolute Gasteiger partial charge is 0.123 e. The van der Waals surface area contributed by atoms with Crippen LogP contribution in [0.1, 0.15) is 25.5 Å². The summed E-state index contributed by atoms with van der Waals surface area (Å²) in [5, 5.41) is 12.2. The lowest BCUT2D eigenvalue weighted by molar-refractivity contribution is 0.231. The molecule has 2 atom stereocenters. The number of nitrogens with one attached hydrogen (secondary N) is 1. The first-order valence-corrected chi connectivity index (χ1v) is 5.23. The van der Waals surface area contributed by atoms with E-state index < -0.39 is 0 Å². The second-order valence-corrected chi connectivity index (χ2v) is 3.97. The average molecular weight is 211 g/mol. The molecule has 0 aromatic heterocycles. The maximum Gasteiger partial charge on any atom is 0.123 e. The van der Waals surface area contributed by atoms with Crippen LogP contribution in [0.3, 0.4) is 0 Å². The van der Waals surface area contributed by atoms with Gasteiger partial charge in [0, 0.05) is 19.2 Å². The van der Waals surface area contributed by atoms with Gasteiger partial charge in [0.2, 0.25) is 0 Å². The van der Waals surface area contributed by atoms with Gasteiger partial charge in [-0.2, -0.15) is 0 Å². The number of halogens is 1. The Balaban J connectivity index is 2.46. The average Bonchev–Trinajstić information content (AvgIpc) is 2.26. The zero-order valence-electron chi connectivity index (χ0n) is 9.20. The minimum absolute atomic E-state index is 0.180. The number of hydrogen-bond donors (Lipinski definition) is 2. The van der Waals surface area contributed by atoms with Crippen molar-refractivity contribution in [3.8, 4) is 0 Å². The molecule has 3 heteroatoms. The minimum Gasteiger partial charge on any atom is -0.396 e. The molecule has 0 fully saturated rings. The van der Waals surface area contributed by atoms with Crippen molar-refractivity contribution in [2.45, 2.75) is 19.9 Å².